The molecule has 0 radical (unpaired) electrons. The van der Waals surface area contributed by atoms with Crippen LogP contribution in [0.3, 0.4) is 0 Å². The molecule has 1 aliphatic heterocycles. The molecule has 1 unspecified atom stereocenters. The van der Waals surface area contributed by atoms with E-state index in [2.05, 4.69) is 32.5 Å². The summed E-state index contributed by atoms with van der Waals surface area (Å²) in [5.41, 5.74) is 1.62. The van der Waals surface area contributed by atoms with Gasteiger partial charge in [-0.25, -0.2) is 4.68 Å². The van der Waals surface area contributed by atoms with Gasteiger partial charge in [-0.1, -0.05) is 5.21 Å². The number of hydrogen-bond acceptors (Lipinski definition) is 5. The van der Waals surface area contributed by atoms with E-state index in [1.807, 2.05) is 10.7 Å². The van der Waals surface area contributed by atoms with Crippen LogP contribution in [0.25, 0.3) is 11.2 Å². The summed E-state index contributed by atoms with van der Waals surface area (Å²) < 4.78 is 1.91. The highest BCUT2D eigenvalue weighted by Gasteiger charge is 2.22. The van der Waals surface area contributed by atoms with Crippen LogP contribution >= 0.6 is 0 Å². The number of hydrogen-bond donors (Lipinski definition) is 0. The Kier molecular flexibility index (Phi) is 2.28. The lowest BCUT2D eigenvalue weighted by Crippen LogP contribution is -2.34. The van der Waals surface area contributed by atoms with E-state index in [-0.39, 0.29) is 0 Å². The second kappa shape index (κ2) is 3.79. The van der Waals surface area contributed by atoms with Crippen LogP contribution in [0, 0.1) is 0 Å². The Balaban J connectivity index is 1.99. The Bertz CT molecular complexity index is 493. The largest absolute Gasteiger partial charge is 0.304 e. The number of aromatic nitrogens is 5. The predicted molar refractivity (Wildman–Crippen MR) is 58.9 cm³/mol. The molecule has 2 aromatic rings. The van der Waals surface area contributed by atoms with Crippen LogP contribution in [0.2, 0.25) is 0 Å². The molecule has 6 nitrogen and oxygen atoms in total. The van der Waals surface area contributed by atoms with Gasteiger partial charge in [0.1, 0.15) is 5.52 Å². The van der Waals surface area contributed by atoms with Gasteiger partial charge in [-0.2, -0.15) is 5.10 Å². The lowest BCUT2D eigenvalue weighted by molar-refractivity contribution is 0.203. The highest BCUT2D eigenvalue weighted by Crippen LogP contribution is 2.21. The van der Waals surface area contributed by atoms with Crippen LogP contribution in [0.4, 0.5) is 0 Å². The average Bonchev–Trinajstić information content (AvgIpc) is 2.72. The molecule has 0 amide bonds. The zero-order valence-electron chi connectivity index (χ0n) is 9.24. The zero-order valence-corrected chi connectivity index (χ0v) is 9.24. The molecule has 0 aromatic carbocycles. The highest BCUT2D eigenvalue weighted by atomic mass is 15.5. The van der Waals surface area contributed by atoms with Crippen molar-refractivity contribution in [2.24, 2.45) is 0 Å². The van der Waals surface area contributed by atoms with Crippen LogP contribution < -0.4 is 0 Å². The van der Waals surface area contributed by atoms with E-state index < -0.39 is 0 Å². The molecule has 16 heavy (non-hydrogen) atoms. The van der Waals surface area contributed by atoms with Crippen LogP contribution in [0.5, 0.6) is 0 Å². The van der Waals surface area contributed by atoms with Crippen molar-refractivity contribution in [1.82, 2.24) is 30.1 Å². The highest BCUT2D eigenvalue weighted by molar-refractivity contribution is 5.68. The minimum absolute atomic E-state index is 0.375. The monoisotopic (exact) mass is 218 g/mol. The quantitative estimate of drug-likeness (QED) is 0.697. The third-order valence-corrected chi connectivity index (χ3v) is 3.09. The summed E-state index contributed by atoms with van der Waals surface area (Å²) in [5.74, 6) is 0. The van der Waals surface area contributed by atoms with Crippen LogP contribution in [-0.4, -0.2) is 50.2 Å². The molecule has 1 fully saturated rings. The second-order valence-corrected chi connectivity index (χ2v) is 4.33. The topological polar surface area (TPSA) is 59.7 Å². The number of fused-ring (bicyclic) bond motifs is 1. The van der Waals surface area contributed by atoms with Crippen molar-refractivity contribution >= 4 is 11.2 Å². The van der Waals surface area contributed by atoms with Crippen LogP contribution in [0.15, 0.2) is 12.3 Å². The van der Waals surface area contributed by atoms with Gasteiger partial charge in [-0.15, -0.1) is 10.2 Å². The summed E-state index contributed by atoms with van der Waals surface area (Å²) in [6.07, 6.45) is 3.98. The number of piperidine rings is 1. The first-order valence-corrected chi connectivity index (χ1v) is 5.56. The van der Waals surface area contributed by atoms with Crippen molar-refractivity contribution in [2.75, 3.05) is 20.1 Å². The van der Waals surface area contributed by atoms with Crippen molar-refractivity contribution < 1.29 is 0 Å². The molecule has 1 aliphatic rings. The van der Waals surface area contributed by atoms with Crippen molar-refractivity contribution in [3.05, 3.63) is 12.3 Å². The summed E-state index contributed by atoms with van der Waals surface area (Å²) in [7, 11) is 2.14. The van der Waals surface area contributed by atoms with E-state index >= 15 is 0 Å². The van der Waals surface area contributed by atoms with Crippen molar-refractivity contribution in [1.29, 1.82) is 0 Å². The van der Waals surface area contributed by atoms with E-state index in [1.165, 1.54) is 6.42 Å². The van der Waals surface area contributed by atoms with E-state index in [0.29, 0.717) is 6.04 Å². The molecule has 3 heterocycles. The first-order chi connectivity index (χ1) is 7.84. The Hall–Kier alpha value is -1.56. The molecule has 6 heteroatoms. The molecule has 2 aromatic heterocycles. The van der Waals surface area contributed by atoms with Crippen LogP contribution in [-0.2, 0) is 0 Å². The van der Waals surface area contributed by atoms with Crippen molar-refractivity contribution in [3.8, 4) is 0 Å². The van der Waals surface area contributed by atoms with E-state index in [9.17, 15) is 0 Å². The van der Waals surface area contributed by atoms with Crippen molar-refractivity contribution in [2.45, 2.75) is 18.9 Å². The molecule has 0 N–H and O–H groups in total. The third kappa shape index (κ3) is 1.55. The van der Waals surface area contributed by atoms with Gasteiger partial charge in [-0.05, 0) is 32.5 Å². The minimum Gasteiger partial charge on any atom is -0.304 e. The average molecular weight is 218 g/mol. The van der Waals surface area contributed by atoms with Gasteiger partial charge in [0, 0.05) is 6.54 Å². The first kappa shape index (κ1) is 9.65. The Morgan fingerprint density at radius 1 is 1.38 bits per heavy atom. The smallest absolute Gasteiger partial charge is 0.201 e. The molecule has 1 atom stereocenters. The van der Waals surface area contributed by atoms with Crippen molar-refractivity contribution in [3.63, 3.8) is 0 Å². The molecular formula is C10H14N6. The molecule has 0 saturated carbocycles. The molecule has 1 saturated heterocycles. The van der Waals surface area contributed by atoms with Gasteiger partial charge in [0.15, 0.2) is 0 Å². The van der Waals surface area contributed by atoms with Crippen LogP contribution in [0.1, 0.15) is 18.9 Å². The second-order valence-electron chi connectivity index (χ2n) is 4.33. The first-order valence-electron chi connectivity index (χ1n) is 5.56. The lowest BCUT2D eigenvalue weighted by atomic mass is 10.1. The van der Waals surface area contributed by atoms with Gasteiger partial charge in [0.25, 0.3) is 0 Å². The molecule has 3 rings (SSSR count). The normalized spacial score (nSPS) is 22.7. The summed E-state index contributed by atoms with van der Waals surface area (Å²) >= 11 is 0. The molecule has 0 aliphatic carbocycles. The minimum atomic E-state index is 0.375. The summed E-state index contributed by atoms with van der Waals surface area (Å²) in [5, 5.41) is 16.3. The van der Waals surface area contributed by atoms with Gasteiger partial charge in [0.2, 0.25) is 5.65 Å². The zero-order chi connectivity index (χ0) is 11.0. The number of likely N-dealkylation sites (tertiary alicyclic amines) is 1. The maximum absolute atomic E-state index is 4.19. The SMILES string of the molecule is CN1CCCC(n2nnc3ccnnc32)C1. The van der Waals surface area contributed by atoms with E-state index in [1.54, 1.807) is 6.20 Å². The van der Waals surface area contributed by atoms with Gasteiger partial charge < -0.3 is 4.90 Å². The lowest BCUT2D eigenvalue weighted by Gasteiger charge is -2.29. The van der Waals surface area contributed by atoms with Gasteiger partial charge in [0.05, 0.1) is 12.2 Å². The number of likely N-dealkylation sites (N-methyl/N-ethyl adjacent to an activating group) is 1. The fraction of sp³-hybridized carbons (Fsp3) is 0.600. The summed E-state index contributed by atoms with van der Waals surface area (Å²) in [4.78, 5) is 2.32. The molecule has 0 bridgehead atoms. The molecule has 84 valence electrons. The number of rotatable bonds is 1. The molecule has 0 spiro atoms. The Labute approximate surface area is 93.3 Å². The maximum Gasteiger partial charge on any atom is 0.201 e. The fourth-order valence-corrected chi connectivity index (χ4v) is 2.28. The van der Waals surface area contributed by atoms with E-state index in [4.69, 9.17) is 0 Å². The Morgan fingerprint density at radius 3 is 3.19 bits per heavy atom. The predicted octanol–water partition coefficient (Wildman–Crippen LogP) is 0.488. The van der Waals surface area contributed by atoms with E-state index in [0.717, 1.165) is 30.7 Å². The standard InChI is InChI=1S/C10H14N6/c1-15-6-2-3-8(7-15)16-10-9(12-14-16)4-5-11-13-10/h4-5,8H,2-3,6-7H2,1H3. The third-order valence-electron chi connectivity index (χ3n) is 3.09. The Morgan fingerprint density at radius 2 is 2.31 bits per heavy atom. The van der Waals surface area contributed by atoms with Gasteiger partial charge >= 0.3 is 0 Å². The maximum atomic E-state index is 4.19. The summed E-state index contributed by atoms with van der Waals surface area (Å²) in [6, 6.07) is 2.22. The molecular weight excluding hydrogens is 204 g/mol. The summed E-state index contributed by atoms with van der Waals surface area (Å²) in [6.45, 7) is 2.17. The fourth-order valence-electron chi connectivity index (χ4n) is 2.28. The number of nitrogens with zero attached hydrogens (tertiary/aromatic N) is 6. The van der Waals surface area contributed by atoms with Gasteiger partial charge in [-0.3, -0.25) is 0 Å².